The summed E-state index contributed by atoms with van der Waals surface area (Å²) in [5.41, 5.74) is -0.930. The van der Waals surface area contributed by atoms with Crippen molar-refractivity contribution in [3.05, 3.63) is 36.2 Å². The Bertz CT molecular complexity index is 622. The van der Waals surface area contributed by atoms with Crippen molar-refractivity contribution in [2.24, 2.45) is 5.92 Å². The van der Waals surface area contributed by atoms with E-state index in [1.54, 1.807) is 6.20 Å². The van der Waals surface area contributed by atoms with Crippen molar-refractivity contribution >= 4 is 5.95 Å². The third kappa shape index (κ3) is 3.14. The monoisotopic (exact) mass is 297 g/mol. The van der Waals surface area contributed by atoms with Crippen LogP contribution in [-0.2, 0) is 19.1 Å². The van der Waals surface area contributed by atoms with Gasteiger partial charge in [0.25, 0.3) is 0 Å². The predicted molar refractivity (Wildman–Crippen MR) is 69.6 cm³/mol. The molecule has 21 heavy (non-hydrogen) atoms. The van der Waals surface area contributed by atoms with Crippen LogP contribution in [0.25, 0.3) is 0 Å². The molecule has 0 saturated heterocycles. The molecule has 0 aromatic carbocycles. The molecule has 112 valence electrons. The van der Waals surface area contributed by atoms with Crippen LogP contribution in [0.1, 0.15) is 17.9 Å². The van der Waals surface area contributed by atoms with Gasteiger partial charge in [0, 0.05) is 38.1 Å². The van der Waals surface area contributed by atoms with Gasteiger partial charge in [-0.25, -0.2) is 15.0 Å². The Balaban J connectivity index is 1.61. The smallest absolute Gasteiger partial charge is 0.354 e. The predicted octanol–water partition coefficient (Wildman–Crippen LogP) is 2.37. The first kappa shape index (κ1) is 13.8. The molecule has 1 N–H and O–H groups in total. The highest BCUT2D eigenvalue weighted by molar-refractivity contribution is 5.26. The van der Waals surface area contributed by atoms with E-state index in [4.69, 9.17) is 0 Å². The van der Waals surface area contributed by atoms with Gasteiger partial charge in [0.05, 0.1) is 0 Å². The summed E-state index contributed by atoms with van der Waals surface area (Å²) in [5.74, 6) is 1.40. The lowest BCUT2D eigenvalue weighted by Crippen LogP contribution is -2.26. The molecule has 0 aliphatic carbocycles. The topological polar surface area (TPSA) is 55.6 Å². The van der Waals surface area contributed by atoms with Gasteiger partial charge in [-0.1, -0.05) is 0 Å². The molecule has 3 heterocycles. The zero-order valence-corrected chi connectivity index (χ0v) is 11.1. The number of anilines is 1. The fraction of sp³-hybridized carbons (Fsp3) is 0.462. The Hall–Kier alpha value is -2.12. The summed E-state index contributed by atoms with van der Waals surface area (Å²) >= 11 is 0. The molecule has 5 nitrogen and oxygen atoms in total. The number of halogens is 3. The fourth-order valence-corrected chi connectivity index (χ4v) is 2.44. The highest BCUT2D eigenvalue weighted by Crippen LogP contribution is 2.27. The van der Waals surface area contributed by atoms with E-state index in [1.165, 1.54) is 0 Å². The van der Waals surface area contributed by atoms with Crippen molar-refractivity contribution in [3.8, 4) is 0 Å². The second-order valence-electron chi connectivity index (χ2n) is 5.04. The number of aryl methyl sites for hydroxylation is 1. The number of hydrogen-bond acceptors (Lipinski definition) is 4. The number of nitrogens with zero attached hydrogens (tertiary/aromatic N) is 4. The zero-order valence-electron chi connectivity index (χ0n) is 11.1. The van der Waals surface area contributed by atoms with E-state index in [9.17, 15) is 13.2 Å². The van der Waals surface area contributed by atoms with Gasteiger partial charge in [-0.2, -0.15) is 13.2 Å². The molecule has 2 aromatic rings. The molecule has 1 aliphatic rings. The maximum atomic E-state index is 12.6. The summed E-state index contributed by atoms with van der Waals surface area (Å²) in [7, 11) is 0. The first-order valence-electron chi connectivity index (χ1n) is 6.66. The first-order valence-corrected chi connectivity index (χ1v) is 6.66. The molecule has 0 amide bonds. The van der Waals surface area contributed by atoms with Gasteiger partial charge in [-0.15, -0.1) is 0 Å². The quantitative estimate of drug-likeness (QED) is 0.945. The molecular weight excluding hydrogens is 283 g/mol. The molecule has 1 aliphatic heterocycles. The number of aromatic nitrogens is 4. The minimum absolute atomic E-state index is 0.0150. The second kappa shape index (κ2) is 5.34. The number of imidazole rings is 1. The zero-order chi connectivity index (χ0) is 14.9. The number of fused-ring (bicyclic) bond motifs is 1. The molecule has 1 atom stereocenters. The molecule has 3 rings (SSSR count). The standard InChI is InChI=1S/C13H14F3N5/c14-13(15,16)10-3-4-18-12(20-10)19-7-9-1-2-11-17-5-6-21(11)8-9/h3-6,9H,1-2,7-8H2,(H,18,19,20)/t9-/m0/s1. The van der Waals surface area contributed by atoms with E-state index in [2.05, 4.69) is 24.8 Å². The largest absolute Gasteiger partial charge is 0.433 e. The molecule has 0 spiro atoms. The highest BCUT2D eigenvalue weighted by atomic mass is 19.4. The average Bonchev–Trinajstić information content (AvgIpc) is 2.92. The summed E-state index contributed by atoms with van der Waals surface area (Å²) in [6, 6.07) is 0.865. The minimum Gasteiger partial charge on any atom is -0.354 e. The van der Waals surface area contributed by atoms with E-state index >= 15 is 0 Å². The van der Waals surface area contributed by atoms with Crippen LogP contribution in [0.5, 0.6) is 0 Å². The van der Waals surface area contributed by atoms with Crippen LogP contribution in [-0.4, -0.2) is 26.1 Å². The van der Waals surface area contributed by atoms with Gasteiger partial charge in [0.2, 0.25) is 5.95 Å². The highest BCUT2D eigenvalue weighted by Gasteiger charge is 2.32. The maximum absolute atomic E-state index is 12.6. The lowest BCUT2D eigenvalue weighted by Gasteiger charge is -2.24. The summed E-state index contributed by atoms with van der Waals surface area (Å²) in [6.07, 6.45) is 2.18. The number of alkyl halides is 3. The maximum Gasteiger partial charge on any atom is 0.433 e. The summed E-state index contributed by atoms with van der Waals surface area (Å²) in [6.45, 7) is 1.35. The molecular formula is C13H14F3N5. The average molecular weight is 297 g/mol. The molecule has 0 unspecified atom stereocenters. The Morgan fingerprint density at radius 1 is 1.29 bits per heavy atom. The minimum atomic E-state index is -4.45. The normalized spacial score (nSPS) is 18.3. The third-order valence-corrected chi connectivity index (χ3v) is 3.53. The van der Waals surface area contributed by atoms with E-state index in [0.717, 1.165) is 37.5 Å². The summed E-state index contributed by atoms with van der Waals surface area (Å²) in [4.78, 5) is 11.6. The van der Waals surface area contributed by atoms with Crippen LogP contribution in [0, 0.1) is 5.92 Å². The van der Waals surface area contributed by atoms with E-state index in [-0.39, 0.29) is 5.95 Å². The lowest BCUT2D eigenvalue weighted by atomic mass is 9.99. The molecule has 2 aromatic heterocycles. The van der Waals surface area contributed by atoms with Gasteiger partial charge < -0.3 is 9.88 Å². The molecule has 0 radical (unpaired) electrons. The number of rotatable bonds is 3. The summed E-state index contributed by atoms with van der Waals surface area (Å²) in [5, 5.41) is 2.89. The van der Waals surface area contributed by atoms with Crippen LogP contribution < -0.4 is 5.32 Å². The first-order chi connectivity index (χ1) is 10.0. The van der Waals surface area contributed by atoms with Crippen LogP contribution in [0.15, 0.2) is 24.7 Å². The van der Waals surface area contributed by atoms with Gasteiger partial charge in [-0.3, -0.25) is 0 Å². The van der Waals surface area contributed by atoms with Crippen LogP contribution in [0.2, 0.25) is 0 Å². The molecule has 8 heteroatoms. The second-order valence-corrected chi connectivity index (χ2v) is 5.04. The van der Waals surface area contributed by atoms with E-state index in [0.29, 0.717) is 12.5 Å². The summed E-state index contributed by atoms with van der Waals surface area (Å²) < 4.78 is 39.8. The van der Waals surface area contributed by atoms with Gasteiger partial charge in [-0.05, 0) is 18.4 Å². The van der Waals surface area contributed by atoms with Crippen molar-refractivity contribution in [1.29, 1.82) is 0 Å². The van der Waals surface area contributed by atoms with E-state index in [1.807, 2.05) is 6.20 Å². The van der Waals surface area contributed by atoms with Crippen molar-refractivity contribution in [2.75, 3.05) is 11.9 Å². The molecule has 0 fully saturated rings. The number of hydrogen-bond donors (Lipinski definition) is 1. The Kier molecular flexibility index (Phi) is 3.52. The Morgan fingerprint density at radius 2 is 2.14 bits per heavy atom. The van der Waals surface area contributed by atoms with Gasteiger partial charge >= 0.3 is 6.18 Å². The van der Waals surface area contributed by atoms with Crippen molar-refractivity contribution in [1.82, 2.24) is 19.5 Å². The Labute approximate surface area is 119 Å². The van der Waals surface area contributed by atoms with Gasteiger partial charge in [0.1, 0.15) is 11.5 Å². The third-order valence-electron chi connectivity index (χ3n) is 3.53. The van der Waals surface area contributed by atoms with Crippen LogP contribution >= 0.6 is 0 Å². The van der Waals surface area contributed by atoms with Gasteiger partial charge in [0.15, 0.2) is 0 Å². The van der Waals surface area contributed by atoms with Crippen molar-refractivity contribution < 1.29 is 13.2 Å². The van der Waals surface area contributed by atoms with Crippen LogP contribution in [0.3, 0.4) is 0 Å². The SMILES string of the molecule is FC(F)(F)c1ccnc(NC[C@@H]2CCc3nccn3C2)n1. The lowest BCUT2D eigenvalue weighted by molar-refractivity contribution is -0.141. The molecule has 0 saturated carbocycles. The van der Waals surface area contributed by atoms with Crippen molar-refractivity contribution in [2.45, 2.75) is 25.6 Å². The fourth-order valence-electron chi connectivity index (χ4n) is 2.44. The van der Waals surface area contributed by atoms with Crippen LogP contribution in [0.4, 0.5) is 19.1 Å². The molecule has 0 bridgehead atoms. The Morgan fingerprint density at radius 3 is 2.95 bits per heavy atom. The van der Waals surface area contributed by atoms with E-state index < -0.39 is 11.9 Å². The number of nitrogens with one attached hydrogen (secondary N) is 1. The van der Waals surface area contributed by atoms with Crippen molar-refractivity contribution in [3.63, 3.8) is 0 Å².